The number of amides is 5. The number of hydrogen-bond donors (Lipinski definition) is 5. The molecule has 0 bridgehead atoms. The smallest absolute Gasteiger partial charge is 0.406 e. The number of benzene rings is 1. The molecule has 5 N–H and O–H groups in total. The minimum Gasteiger partial charge on any atom is -0.453 e. The van der Waals surface area contributed by atoms with Crippen molar-refractivity contribution in [2.45, 2.75) is 99.4 Å². The third-order valence-corrected chi connectivity index (χ3v) is 9.36. The molecule has 5 amide bonds. The molecule has 1 aromatic carbocycles. The molecule has 0 radical (unpaired) electrons. The number of alkyl carbamates (subject to hydrolysis) is 1. The fourth-order valence-electron chi connectivity index (χ4n) is 6.59. The lowest BCUT2D eigenvalue weighted by atomic mass is 9.83. The number of methoxy groups -OCH3 is 1. The van der Waals surface area contributed by atoms with E-state index in [2.05, 4.69) is 31.1 Å². The number of carbonyl (C=O) groups is 4. The second kappa shape index (κ2) is 19.0. The maximum atomic E-state index is 14.4. The number of aromatic nitrogens is 1. The molecule has 5 atom stereocenters. The van der Waals surface area contributed by atoms with Crippen LogP contribution >= 0.6 is 0 Å². The molecule has 52 heavy (non-hydrogen) atoms. The summed E-state index contributed by atoms with van der Waals surface area (Å²) in [5.74, 6) is -1.15. The summed E-state index contributed by atoms with van der Waals surface area (Å²) in [6.45, 7) is 17.1. The first-order valence-corrected chi connectivity index (χ1v) is 18.3. The van der Waals surface area contributed by atoms with Crippen molar-refractivity contribution in [1.29, 1.82) is 0 Å². The number of aliphatic hydroxyl groups is 1. The number of aryl methyl sites for hydroxylation is 1. The van der Waals surface area contributed by atoms with Crippen LogP contribution in [0.15, 0.2) is 48.5 Å². The van der Waals surface area contributed by atoms with Crippen LogP contribution in [-0.2, 0) is 27.3 Å². The lowest BCUT2D eigenvalue weighted by Crippen LogP contribution is -2.57. The minimum atomic E-state index is -1.07. The quantitative estimate of drug-likeness (QED) is 0.143. The van der Waals surface area contributed by atoms with Crippen LogP contribution in [0.25, 0.3) is 0 Å². The summed E-state index contributed by atoms with van der Waals surface area (Å²) < 4.78 is 4.67. The Morgan fingerprint density at radius 1 is 1.10 bits per heavy atom. The second-order valence-electron chi connectivity index (χ2n) is 16.1. The summed E-state index contributed by atoms with van der Waals surface area (Å²) in [6, 6.07) is 14.0. The molecule has 0 spiro atoms. The first kappa shape index (κ1) is 42.2. The van der Waals surface area contributed by atoms with Crippen molar-refractivity contribution < 1.29 is 29.0 Å². The number of aliphatic hydroxyl groups excluding tert-OH is 1. The summed E-state index contributed by atoms with van der Waals surface area (Å²) in [4.78, 5) is 58.9. The molecule has 0 saturated carbocycles. The van der Waals surface area contributed by atoms with E-state index >= 15 is 0 Å². The first-order valence-electron chi connectivity index (χ1n) is 18.3. The minimum absolute atomic E-state index is 0.0459. The molecule has 1 saturated heterocycles. The molecule has 1 aliphatic rings. The predicted octanol–water partition coefficient (Wildman–Crippen LogP) is 4.19. The lowest BCUT2D eigenvalue weighted by molar-refractivity contribution is -0.132. The normalized spacial score (nSPS) is 17.2. The van der Waals surface area contributed by atoms with E-state index < -0.39 is 35.6 Å². The van der Waals surface area contributed by atoms with Crippen molar-refractivity contribution in [3.05, 3.63) is 65.5 Å². The average Bonchev–Trinajstić information content (AvgIpc) is 3.41. The number of rotatable bonds is 18. The Morgan fingerprint density at radius 2 is 1.79 bits per heavy atom. The Kier molecular flexibility index (Phi) is 15.4. The van der Waals surface area contributed by atoms with Crippen molar-refractivity contribution in [1.82, 2.24) is 36.3 Å². The summed E-state index contributed by atoms with van der Waals surface area (Å²) in [6.07, 6.45) is -0.475. The van der Waals surface area contributed by atoms with Gasteiger partial charge in [0.1, 0.15) is 0 Å². The van der Waals surface area contributed by atoms with Crippen LogP contribution in [-0.4, -0.2) is 95.4 Å². The van der Waals surface area contributed by atoms with Crippen LogP contribution in [0.4, 0.5) is 9.59 Å². The first-order chi connectivity index (χ1) is 24.4. The third-order valence-electron chi connectivity index (χ3n) is 9.36. The van der Waals surface area contributed by atoms with E-state index in [1.165, 1.54) is 7.11 Å². The van der Waals surface area contributed by atoms with Crippen LogP contribution in [0.1, 0.15) is 78.3 Å². The topological polar surface area (TPSA) is 165 Å². The van der Waals surface area contributed by atoms with Gasteiger partial charge in [-0.05, 0) is 47.8 Å². The molecule has 13 heteroatoms. The van der Waals surface area contributed by atoms with E-state index in [0.29, 0.717) is 25.9 Å². The van der Waals surface area contributed by atoms with Gasteiger partial charge >= 0.3 is 12.1 Å². The van der Waals surface area contributed by atoms with Crippen LogP contribution < -0.4 is 21.4 Å². The fraction of sp³-hybridized carbons (Fsp3) is 0.615. The van der Waals surface area contributed by atoms with Gasteiger partial charge in [0.25, 0.3) is 0 Å². The van der Waals surface area contributed by atoms with Crippen molar-refractivity contribution in [2.24, 2.45) is 22.7 Å². The Labute approximate surface area is 309 Å². The Morgan fingerprint density at radius 3 is 2.40 bits per heavy atom. The highest BCUT2D eigenvalue weighted by Crippen LogP contribution is 2.28. The number of hydrogen-bond acceptors (Lipinski definition) is 8. The van der Waals surface area contributed by atoms with E-state index in [0.717, 1.165) is 17.0 Å². The van der Waals surface area contributed by atoms with Gasteiger partial charge in [-0.3, -0.25) is 20.0 Å². The summed E-state index contributed by atoms with van der Waals surface area (Å²) in [7, 11) is 1.29. The van der Waals surface area contributed by atoms with E-state index in [-0.39, 0.29) is 55.2 Å². The second-order valence-corrected chi connectivity index (χ2v) is 16.1. The Hall–Kier alpha value is -4.23. The zero-order valence-electron chi connectivity index (χ0n) is 32.5. The van der Waals surface area contributed by atoms with Crippen LogP contribution in [0.2, 0.25) is 0 Å². The number of pyridine rings is 1. The average molecular weight is 724 g/mol. The van der Waals surface area contributed by atoms with Crippen molar-refractivity contribution >= 4 is 23.9 Å². The largest absolute Gasteiger partial charge is 0.453 e. The van der Waals surface area contributed by atoms with E-state index in [4.69, 9.17) is 0 Å². The summed E-state index contributed by atoms with van der Waals surface area (Å²) in [5, 5.41) is 22.4. The van der Waals surface area contributed by atoms with Crippen molar-refractivity contribution in [2.75, 3.05) is 33.3 Å². The van der Waals surface area contributed by atoms with Gasteiger partial charge in [-0.25, -0.2) is 14.6 Å². The number of carbonyl (C=O) groups excluding carboxylic acids is 4. The monoisotopic (exact) mass is 723 g/mol. The number of urea groups is 1. The molecular formula is C39H61N7O6. The molecule has 3 rings (SSSR count). The van der Waals surface area contributed by atoms with Crippen LogP contribution in [0, 0.1) is 29.6 Å². The molecule has 2 heterocycles. The summed E-state index contributed by atoms with van der Waals surface area (Å²) in [5.41, 5.74) is 4.69. The Bertz CT molecular complexity index is 1480. The zero-order chi connectivity index (χ0) is 38.6. The molecule has 1 fully saturated rings. The standard InChI is InChI=1S/C39H61N7O6/c1-10-26(2)34(31-21-40-36(50)46(31)22-29-18-14-15-27(3)42-29)35(49)43-30(19-28-16-12-11-13-17-28)32(47)23-45(25-38(4,5)6)44-33(48)20-39(7,8)24-41-37(51)52-9/h11-18,26,30-32,34,47H,10,19-25H2,1-9H3,(H,40,50)(H,41,51)(H,43,49)(H,44,48). The molecule has 288 valence electrons. The van der Waals surface area contributed by atoms with E-state index in [1.54, 1.807) is 9.91 Å². The van der Waals surface area contributed by atoms with Gasteiger partial charge in [0.2, 0.25) is 11.8 Å². The van der Waals surface area contributed by atoms with E-state index in [9.17, 15) is 24.3 Å². The van der Waals surface area contributed by atoms with Crippen molar-refractivity contribution in [3.8, 4) is 0 Å². The third kappa shape index (κ3) is 13.4. The van der Waals surface area contributed by atoms with Gasteiger partial charge in [-0.15, -0.1) is 0 Å². The molecule has 5 unspecified atom stereocenters. The zero-order valence-corrected chi connectivity index (χ0v) is 32.5. The maximum Gasteiger partial charge on any atom is 0.406 e. The van der Waals surface area contributed by atoms with Gasteiger partial charge in [0, 0.05) is 38.3 Å². The molecule has 2 aromatic rings. The van der Waals surface area contributed by atoms with Gasteiger partial charge in [-0.1, -0.05) is 91.3 Å². The fourth-order valence-corrected chi connectivity index (χ4v) is 6.59. The highest BCUT2D eigenvalue weighted by molar-refractivity contribution is 5.83. The maximum absolute atomic E-state index is 14.4. The highest BCUT2D eigenvalue weighted by Gasteiger charge is 2.43. The van der Waals surface area contributed by atoms with Gasteiger partial charge < -0.3 is 30.7 Å². The SMILES string of the molecule is CCC(C)C(C(=O)NC(Cc1ccccc1)C(O)CN(CC(C)(C)C)NC(=O)CC(C)(C)CNC(=O)OC)C1CNC(=O)N1Cc1cccc(C)n1. The predicted molar refractivity (Wildman–Crippen MR) is 201 cm³/mol. The molecule has 0 aliphatic carbocycles. The number of ether oxygens (including phenoxy) is 1. The van der Waals surface area contributed by atoms with Gasteiger partial charge in [0.05, 0.1) is 43.5 Å². The molecular weight excluding hydrogens is 662 g/mol. The number of nitrogens with one attached hydrogen (secondary N) is 4. The Balaban J connectivity index is 1.86. The van der Waals surface area contributed by atoms with Gasteiger partial charge in [-0.2, -0.15) is 0 Å². The number of nitrogens with zero attached hydrogens (tertiary/aromatic N) is 3. The van der Waals surface area contributed by atoms with Crippen molar-refractivity contribution in [3.63, 3.8) is 0 Å². The van der Waals surface area contributed by atoms with Crippen LogP contribution in [0.5, 0.6) is 0 Å². The summed E-state index contributed by atoms with van der Waals surface area (Å²) >= 11 is 0. The van der Waals surface area contributed by atoms with E-state index in [1.807, 2.05) is 104 Å². The number of hydrazine groups is 1. The molecule has 1 aromatic heterocycles. The molecule has 1 aliphatic heterocycles. The lowest BCUT2D eigenvalue weighted by Gasteiger charge is -2.37. The van der Waals surface area contributed by atoms with Gasteiger partial charge in [0.15, 0.2) is 0 Å². The van der Waals surface area contributed by atoms with Crippen LogP contribution in [0.3, 0.4) is 0 Å². The molecule has 13 nitrogen and oxygen atoms in total. The highest BCUT2D eigenvalue weighted by atomic mass is 16.5.